The zero-order chi connectivity index (χ0) is 44.6. The summed E-state index contributed by atoms with van der Waals surface area (Å²) >= 11 is 1.14. The molecule has 1 aromatic heterocycles. The van der Waals surface area contributed by atoms with Crippen molar-refractivity contribution in [2.45, 2.75) is 143 Å². The number of hydroxylamine groups is 2. The van der Waals surface area contributed by atoms with Gasteiger partial charge in [-0.1, -0.05) is 59.5 Å². The number of piperidine rings is 1. The normalized spacial score (nSPS) is 17.0. The number of terminal acetylenes is 1. The van der Waals surface area contributed by atoms with E-state index in [4.69, 9.17) is 16.0 Å². The number of carboxylic acids is 1. The van der Waals surface area contributed by atoms with E-state index in [1.807, 2.05) is 78.1 Å². The monoisotopic (exact) mass is 849 g/mol. The van der Waals surface area contributed by atoms with Gasteiger partial charge in [0, 0.05) is 36.9 Å². The molecule has 1 radical (unpaired) electrons. The molecule has 14 nitrogen and oxygen atoms in total. The maximum absolute atomic E-state index is 14.7. The Hall–Kier alpha value is -4.46. The molecule has 1 fully saturated rings. The van der Waals surface area contributed by atoms with Crippen LogP contribution in [0.1, 0.15) is 127 Å². The van der Waals surface area contributed by atoms with E-state index in [1.54, 1.807) is 19.2 Å². The standard InChI is InChI=1S/C44H66BN6O8S/c1-11-13-16-23-58-51(42(55)38(29(5)12-2)48-40(54)35-17-14-15-22-50(35)10)36(28(3)4)25-37(59-30(6)52)41-47-34(27-60-41)39(53)46-33(26-44(7,8)43(56)57)24-31-18-20-32(21-19-31)49-45-9/h1,18-21,27-29,33,35-38,49H,12-17,22-26H2,2-10H3,(H,46,53)(H,48,54)(H,56,57)/t29-,33-,35+,36+,37+,38-/m0/s1. The second-order valence-corrected chi connectivity index (χ2v) is 17.7. The lowest BCUT2D eigenvalue weighted by molar-refractivity contribution is -0.213. The van der Waals surface area contributed by atoms with Crippen molar-refractivity contribution in [1.29, 1.82) is 0 Å². The zero-order valence-electron chi connectivity index (χ0n) is 36.9. The first-order valence-corrected chi connectivity index (χ1v) is 22.0. The second-order valence-electron chi connectivity index (χ2n) is 16.8. The molecule has 0 aliphatic carbocycles. The van der Waals surface area contributed by atoms with Gasteiger partial charge in [-0.05, 0) is 89.1 Å². The Bertz CT molecular complexity index is 1760. The summed E-state index contributed by atoms with van der Waals surface area (Å²) < 4.78 is 5.86. The first-order chi connectivity index (χ1) is 28.4. The first-order valence-electron chi connectivity index (χ1n) is 21.1. The number of carboxylic acid groups (broad SMARTS) is 1. The summed E-state index contributed by atoms with van der Waals surface area (Å²) in [7, 11) is 3.74. The number of likely N-dealkylation sites (N-methyl/N-ethyl adjacent to an activating group) is 1. The number of nitrogens with zero attached hydrogens (tertiary/aromatic N) is 3. The maximum atomic E-state index is 14.7. The lowest BCUT2D eigenvalue weighted by atomic mass is 9.84. The molecule has 329 valence electrons. The van der Waals surface area contributed by atoms with Crippen LogP contribution in [0.5, 0.6) is 0 Å². The number of esters is 1. The number of carbonyl (C=O) groups is 5. The fourth-order valence-electron chi connectivity index (χ4n) is 7.26. The number of aliphatic carboxylic acids is 1. The van der Waals surface area contributed by atoms with Gasteiger partial charge in [0.1, 0.15) is 16.7 Å². The van der Waals surface area contributed by atoms with E-state index in [0.29, 0.717) is 37.1 Å². The Morgan fingerprint density at radius 1 is 1.13 bits per heavy atom. The van der Waals surface area contributed by atoms with Crippen LogP contribution in [0, 0.1) is 29.6 Å². The summed E-state index contributed by atoms with van der Waals surface area (Å²) in [4.78, 5) is 79.9. The summed E-state index contributed by atoms with van der Waals surface area (Å²) in [6, 6.07) is 5.23. The Balaban J connectivity index is 1.94. The highest BCUT2D eigenvalue weighted by Gasteiger charge is 2.40. The van der Waals surface area contributed by atoms with E-state index < -0.39 is 53.4 Å². The van der Waals surface area contributed by atoms with Crippen LogP contribution in [-0.4, -0.2) is 101 Å². The maximum Gasteiger partial charge on any atom is 0.309 e. The zero-order valence-corrected chi connectivity index (χ0v) is 37.7. The molecule has 3 rings (SSSR count). The molecule has 2 heterocycles. The van der Waals surface area contributed by atoms with E-state index in [9.17, 15) is 29.1 Å². The Kier molecular flexibility index (Phi) is 20.0. The van der Waals surface area contributed by atoms with Gasteiger partial charge in [-0.15, -0.1) is 23.7 Å². The van der Waals surface area contributed by atoms with Crippen LogP contribution in [0.2, 0.25) is 6.82 Å². The van der Waals surface area contributed by atoms with E-state index in [2.05, 4.69) is 26.8 Å². The summed E-state index contributed by atoms with van der Waals surface area (Å²) in [6.45, 7) is 15.1. The van der Waals surface area contributed by atoms with Crippen molar-refractivity contribution in [2.75, 3.05) is 25.4 Å². The summed E-state index contributed by atoms with van der Waals surface area (Å²) in [5.41, 5.74) is 0.757. The lowest BCUT2D eigenvalue weighted by Crippen LogP contribution is -2.58. The lowest BCUT2D eigenvalue weighted by Gasteiger charge is -2.39. The molecule has 1 aliphatic heterocycles. The molecule has 6 atom stereocenters. The fourth-order valence-corrected chi connectivity index (χ4v) is 8.10. The molecule has 60 heavy (non-hydrogen) atoms. The quantitative estimate of drug-likeness (QED) is 0.0308. The number of thiazole rings is 1. The Morgan fingerprint density at radius 3 is 2.42 bits per heavy atom. The SMILES string of the molecule is C#CCCCON(C(=O)[C@@H](NC(=O)[C@H]1CCCCN1C)[C@@H](C)CC)[C@H](C[C@@H](OC(C)=O)c1nc(C(=O)N[C@@H](Cc2ccc(N[B]C)cc2)CC(C)(C)C(=O)O)cs1)C(C)C. The Morgan fingerprint density at radius 2 is 1.83 bits per heavy atom. The minimum Gasteiger partial charge on any atom is -0.481 e. The number of amides is 3. The minimum absolute atomic E-state index is 0.0787. The van der Waals surface area contributed by atoms with Crippen LogP contribution in [0.15, 0.2) is 29.6 Å². The van der Waals surface area contributed by atoms with Crippen molar-refractivity contribution in [2.24, 2.45) is 17.3 Å². The number of aromatic nitrogens is 1. The predicted molar refractivity (Wildman–Crippen MR) is 235 cm³/mol. The van der Waals surface area contributed by atoms with Crippen molar-refractivity contribution in [1.82, 2.24) is 25.6 Å². The smallest absolute Gasteiger partial charge is 0.309 e. The molecule has 3 amide bonds. The van der Waals surface area contributed by atoms with Crippen LogP contribution in [0.4, 0.5) is 5.69 Å². The van der Waals surface area contributed by atoms with Crippen LogP contribution >= 0.6 is 11.3 Å². The van der Waals surface area contributed by atoms with E-state index in [0.717, 1.165) is 42.0 Å². The number of ether oxygens (including phenoxy) is 1. The predicted octanol–water partition coefficient (Wildman–Crippen LogP) is 6.27. The third-order valence-corrected chi connectivity index (χ3v) is 12.0. The number of anilines is 1. The number of benzene rings is 1. The van der Waals surface area contributed by atoms with Gasteiger partial charge in [0.15, 0.2) is 6.10 Å². The topological polar surface area (TPSA) is 180 Å². The molecule has 0 spiro atoms. The van der Waals surface area contributed by atoms with Gasteiger partial charge in [-0.2, -0.15) is 0 Å². The van der Waals surface area contributed by atoms with Gasteiger partial charge < -0.3 is 25.7 Å². The van der Waals surface area contributed by atoms with Gasteiger partial charge in [0.2, 0.25) is 13.3 Å². The molecular weight excluding hydrogens is 783 g/mol. The molecule has 4 N–H and O–H groups in total. The second kappa shape index (κ2) is 24.1. The molecule has 1 saturated heterocycles. The van der Waals surface area contributed by atoms with Crippen LogP contribution in [-0.2, 0) is 35.2 Å². The van der Waals surface area contributed by atoms with Crippen molar-refractivity contribution in [3.05, 3.63) is 45.9 Å². The van der Waals surface area contributed by atoms with Crippen molar-refractivity contribution in [3.63, 3.8) is 0 Å². The van der Waals surface area contributed by atoms with Gasteiger partial charge in [0.05, 0.1) is 24.1 Å². The third kappa shape index (κ3) is 14.9. The highest BCUT2D eigenvalue weighted by atomic mass is 32.1. The minimum atomic E-state index is -1.13. The molecule has 0 saturated carbocycles. The summed E-state index contributed by atoms with van der Waals surface area (Å²) in [6.07, 6.45) is 9.34. The van der Waals surface area contributed by atoms with Crippen molar-refractivity contribution >= 4 is 54.1 Å². The highest BCUT2D eigenvalue weighted by molar-refractivity contribution is 7.09. The first kappa shape index (κ1) is 49.9. The van der Waals surface area contributed by atoms with E-state index >= 15 is 0 Å². The fraction of sp³-hybridized carbons (Fsp3) is 0.636. The molecule has 1 aromatic carbocycles. The van der Waals surface area contributed by atoms with Crippen LogP contribution < -0.4 is 15.9 Å². The average Bonchev–Trinajstić information content (AvgIpc) is 3.70. The average molecular weight is 850 g/mol. The number of hydrogen-bond acceptors (Lipinski definition) is 11. The van der Waals surface area contributed by atoms with Gasteiger partial charge in [-0.25, -0.2) is 10.0 Å². The molecule has 1 aliphatic rings. The molecule has 0 bridgehead atoms. The summed E-state index contributed by atoms with van der Waals surface area (Å²) in [5, 5.41) is 22.4. The Labute approximate surface area is 361 Å². The number of rotatable bonds is 24. The summed E-state index contributed by atoms with van der Waals surface area (Å²) in [5.74, 6) is -0.536. The third-order valence-electron chi connectivity index (χ3n) is 11.0. The van der Waals surface area contributed by atoms with E-state index in [1.165, 1.54) is 12.0 Å². The largest absolute Gasteiger partial charge is 0.481 e. The van der Waals surface area contributed by atoms with Gasteiger partial charge >= 0.3 is 11.9 Å². The van der Waals surface area contributed by atoms with E-state index in [-0.39, 0.29) is 48.9 Å². The number of unbranched alkanes of at least 4 members (excludes halogenated alkanes) is 1. The van der Waals surface area contributed by atoms with Crippen molar-refractivity contribution < 1.29 is 38.7 Å². The van der Waals surface area contributed by atoms with Gasteiger partial charge in [-0.3, -0.25) is 33.7 Å². The highest BCUT2D eigenvalue weighted by Crippen LogP contribution is 2.32. The number of nitrogens with one attached hydrogen (secondary N) is 3. The number of carbonyl (C=O) groups excluding carboxylic acids is 4. The van der Waals surface area contributed by atoms with Crippen LogP contribution in [0.25, 0.3) is 0 Å². The molecule has 2 aromatic rings. The molecular formula is C44H66BN6O8S. The molecule has 16 heteroatoms. The number of likely N-dealkylation sites (tertiary alicyclic amines) is 1. The number of hydrogen-bond donors (Lipinski definition) is 4. The van der Waals surface area contributed by atoms with Crippen molar-refractivity contribution in [3.8, 4) is 12.3 Å². The van der Waals surface area contributed by atoms with Crippen LogP contribution in [0.3, 0.4) is 0 Å². The van der Waals surface area contributed by atoms with Gasteiger partial charge in [0.25, 0.3) is 11.8 Å². The molecule has 0 unspecified atom stereocenters.